The van der Waals surface area contributed by atoms with Crippen LogP contribution in [0.5, 0.6) is 0 Å². The van der Waals surface area contributed by atoms with Crippen molar-refractivity contribution in [2.75, 3.05) is 0 Å². The molecule has 0 saturated carbocycles. The summed E-state index contributed by atoms with van der Waals surface area (Å²) in [5.74, 6) is -1.33. The van der Waals surface area contributed by atoms with Crippen molar-refractivity contribution in [3.8, 4) is 0 Å². The van der Waals surface area contributed by atoms with Gasteiger partial charge in [0, 0.05) is 0 Å². The molecule has 0 aromatic heterocycles. The summed E-state index contributed by atoms with van der Waals surface area (Å²) >= 11 is 0. The van der Waals surface area contributed by atoms with Gasteiger partial charge < -0.3 is 0 Å². The summed E-state index contributed by atoms with van der Waals surface area (Å²) in [6, 6.07) is 16.8. The van der Waals surface area contributed by atoms with Crippen molar-refractivity contribution in [1.29, 1.82) is 0 Å². The van der Waals surface area contributed by atoms with Crippen molar-refractivity contribution in [3.63, 3.8) is 0 Å². The van der Waals surface area contributed by atoms with Gasteiger partial charge in [-0.3, -0.25) is 9.78 Å². The second kappa shape index (κ2) is 14.9. The summed E-state index contributed by atoms with van der Waals surface area (Å²) in [5, 5.41) is 0. The summed E-state index contributed by atoms with van der Waals surface area (Å²) in [6.45, 7) is 12.4. The van der Waals surface area contributed by atoms with Crippen LogP contribution in [0.25, 0.3) is 0 Å². The van der Waals surface area contributed by atoms with Gasteiger partial charge in [0.1, 0.15) is 6.10 Å². The van der Waals surface area contributed by atoms with E-state index in [4.69, 9.17) is 39.1 Å². The Bertz CT molecular complexity index is 949. The van der Waals surface area contributed by atoms with E-state index in [1.54, 1.807) is 109 Å². The second-order valence-electron chi connectivity index (χ2n) is 10.5. The minimum absolute atomic E-state index is 0.178. The first-order valence-corrected chi connectivity index (χ1v) is 12.4. The first kappa shape index (κ1) is 31.4. The Hall–Kier alpha value is -2.86. The lowest BCUT2D eigenvalue weighted by Gasteiger charge is -2.29. The third-order valence-corrected chi connectivity index (χ3v) is 4.50. The normalized spacial score (nSPS) is 13.7. The molecule has 0 amide bonds. The summed E-state index contributed by atoms with van der Waals surface area (Å²) in [7, 11) is 0. The standard InChI is InChI=1S/C28H38O10/c1-20(31-33-24(29)21-14-10-8-11-15-21)18-19-23(32-34-25(30)22-16-12-9-13-17-22)26(35-37-27(2,3)4)36-38-28(5,6)7/h8-17,20,23,26H,18-19H2,1-7H3. The number of rotatable bonds is 14. The third kappa shape index (κ3) is 12.6. The number of carbonyl (C=O) groups excluding carboxylic acids is 2. The number of hydrogen-bond acceptors (Lipinski definition) is 10. The van der Waals surface area contributed by atoms with Crippen LogP contribution in [0.4, 0.5) is 0 Å². The molecule has 0 saturated heterocycles. The predicted molar refractivity (Wildman–Crippen MR) is 136 cm³/mol. The molecule has 2 atom stereocenters. The van der Waals surface area contributed by atoms with Gasteiger partial charge in [0.2, 0.25) is 0 Å². The molecular formula is C28H38O10. The van der Waals surface area contributed by atoms with E-state index in [9.17, 15) is 9.59 Å². The van der Waals surface area contributed by atoms with Crippen LogP contribution in [-0.4, -0.2) is 41.6 Å². The van der Waals surface area contributed by atoms with Crippen molar-refractivity contribution in [1.82, 2.24) is 0 Å². The van der Waals surface area contributed by atoms with Crippen LogP contribution >= 0.6 is 0 Å². The van der Waals surface area contributed by atoms with Gasteiger partial charge in [-0.15, -0.1) is 0 Å². The van der Waals surface area contributed by atoms with E-state index in [2.05, 4.69) is 0 Å². The molecule has 2 aromatic rings. The molecule has 0 aliphatic heterocycles. The molecule has 0 fully saturated rings. The minimum atomic E-state index is -1.25. The molecule has 0 heterocycles. The molecule has 0 radical (unpaired) electrons. The van der Waals surface area contributed by atoms with E-state index < -0.39 is 41.6 Å². The lowest BCUT2D eigenvalue weighted by molar-refractivity contribution is -0.520. The lowest BCUT2D eigenvalue weighted by Crippen LogP contribution is -2.39. The summed E-state index contributed by atoms with van der Waals surface area (Å²) in [4.78, 5) is 67.3. The molecule has 10 nitrogen and oxygen atoms in total. The van der Waals surface area contributed by atoms with E-state index in [0.717, 1.165) is 0 Å². The highest BCUT2D eigenvalue weighted by molar-refractivity contribution is 5.89. The van der Waals surface area contributed by atoms with Crippen molar-refractivity contribution >= 4 is 11.9 Å². The maximum atomic E-state index is 12.5. The van der Waals surface area contributed by atoms with Gasteiger partial charge in [-0.2, -0.15) is 19.6 Å². The van der Waals surface area contributed by atoms with Crippen molar-refractivity contribution in [2.45, 2.75) is 91.0 Å². The van der Waals surface area contributed by atoms with Crippen LogP contribution in [0.3, 0.4) is 0 Å². The zero-order chi connectivity index (χ0) is 28.2. The fraction of sp³-hybridized carbons (Fsp3) is 0.500. The fourth-order valence-electron chi connectivity index (χ4n) is 2.68. The van der Waals surface area contributed by atoms with Crippen LogP contribution < -0.4 is 0 Å². The van der Waals surface area contributed by atoms with Crippen LogP contribution in [0.15, 0.2) is 60.7 Å². The molecule has 0 spiro atoms. The molecule has 0 aliphatic rings. The zero-order valence-electron chi connectivity index (χ0n) is 23.0. The molecule has 38 heavy (non-hydrogen) atoms. The van der Waals surface area contributed by atoms with Crippen molar-refractivity contribution in [2.24, 2.45) is 0 Å². The monoisotopic (exact) mass is 534 g/mol. The van der Waals surface area contributed by atoms with Crippen molar-refractivity contribution < 1.29 is 48.7 Å². The average Bonchev–Trinajstić information content (AvgIpc) is 2.87. The number of hydrogen-bond donors (Lipinski definition) is 0. The topological polar surface area (TPSA) is 108 Å². The molecule has 0 N–H and O–H groups in total. The molecule has 0 aliphatic carbocycles. The van der Waals surface area contributed by atoms with Gasteiger partial charge in [0.05, 0.1) is 22.3 Å². The van der Waals surface area contributed by atoms with Gasteiger partial charge in [-0.05, 0) is 85.6 Å². The van der Waals surface area contributed by atoms with Crippen molar-refractivity contribution in [3.05, 3.63) is 71.8 Å². The number of carbonyl (C=O) groups is 2. The highest BCUT2D eigenvalue weighted by atomic mass is 17.3. The molecular weight excluding hydrogens is 496 g/mol. The maximum absolute atomic E-state index is 12.5. The Morgan fingerprint density at radius 3 is 1.47 bits per heavy atom. The Morgan fingerprint density at radius 2 is 1.05 bits per heavy atom. The van der Waals surface area contributed by atoms with E-state index >= 15 is 0 Å². The van der Waals surface area contributed by atoms with Crippen LogP contribution in [0, 0.1) is 0 Å². The van der Waals surface area contributed by atoms with E-state index in [-0.39, 0.29) is 6.42 Å². The third-order valence-electron chi connectivity index (χ3n) is 4.50. The van der Waals surface area contributed by atoms with E-state index in [0.29, 0.717) is 17.5 Å². The Labute approximate surface area is 223 Å². The Morgan fingerprint density at radius 1 is 0.632 bits per heavy atom. The number of benzene rings is 2. The van der Waals surface area contributed by atoms with Gasteiger partial charge in [-0.1, -0.05) is 36.4 Å². The van der Waals surface area contributed by atoms with Crippen LogP contribution in [0.1, 0.15) is 82.0 Å². The smallest absolute Gasteiger partial charge is 0.293 e. The van der Waals surface area contributed by atoms with E-state index in [1.807, 2.05) is 0 Å². The Kier molecular flexibility index (Phi) is 12.3. The first-order chi connectivity index (χ1) is 17.8. The van der Waals surface area contributed by atoms with Gasteiger partial charge in [0.25, 0.3) is 6.29 Å². The largest absolute Gasteiger partial charge is 0.373 e. The van der Waals surface area contributed by atoms with Crippen LogP contribution in [0.2, 0.25) is 0 Å². The summed E-state index contributed by atoms with van der Waals surface area (Å²) in [6.07, 6.45) is -2.34. The molecule has 2 unspecified atom stereocenters. The minimum Gasteiger partial charge on any atom is -0.293 e. The molecule has 0 bridgehead atoms. The highest BCUT2D eigenvalue weighted by Crippen LogP contribution is 2.22. The summed E-state index contributed by atoms with van der Waals surface area (Å²) in [5.41, 5.74) is -0.715. The lowest BCUT2D eigenvalue weighted by atomic mass is 10.1. The molecule has 2 rings (SSSR count). The second-order valence-corrected chi connectivity index (χ2v) is 10.5. The SMILES string of the molecule is CC(CCC(OOC(=O)c1ccccc1)C(OOC(C)(C)C)OOC(C)(C)C)OOC(=O)c1ccccc1. The summed E-state index contributed by atoms with van der Waals surface area (Å²) < 4.78 is 0. The maximum Gasteiger partial charge on any atom is 0.373 e. The zero-order valence-corrected chi connectivity index (χ0v) is 23.0. The van der Waals surface area contributed by atoms with Gasteiger partial charge >= 0.3 is 11.9 Å². The van der Waals surface area contributed by atoms with Gasteiger partial charge in [-0.25, -0.2) is 19.4 Å². The highest BCUT2D eigenvalue weighted by Gasteiger charge is 2.33. The molecule has 210 valence electrons. The average molecular weight is 535 g/mol. The van der Waals surface area contributed by atoms with Gasteiger partial charge in [0.15, 0.2) is 6.10 Å². The molecule has 10 heteroatoms. The Balaban J connectivity index is 2.07. The predicted octanol–water partition coefficient (Wildman–Crippen LogP) is 5.92. The fourth-order valence-corrected chi connectivity index (χ4v) is 2.68. The van der Waals surface area contributed by atoms with Crippen LogP contribution in [-0.2, 0) is 39.1 Å². The first-order valence-electron chi connectivity index (χ1n) is 12.4. The molecule has 2 aromatic carbocycles. The van der Waals surface area contributed by atoms with E-state index in [1.165, 1.54) is 0 Å². The quantitative estimate of drug-likeness (QED) is 0.165.